The van der Waals surface area contributed by atoms with Crippen LogP contribution in [0.5, 0.6) is 5.75 Å². The van der Waals surface area contributed by atoms with Gasteiger partial charge in [-0.15, -0.1) is 0 Å². The van der Waals surface area contributed by atoms with Crippen molar-refractivity contribution in [3.05, 3.63) is 69.3 Å². The van der Waals surface area contributed by atoms with Gasteiger partial charge in [-0.2, -0.15) is 5.10 Å². The molecular formula is C24H30BrN3O3. The smallest absolute Gasteiger partial charge is 0.286 e. The van der Waals surface area contributed by atoms with Crippen molar-refractivity contribution in [3.63, 3.8) is 0 Å². The Hall–Kier alpha value is -2.54. The molecule has 7 heteroatoms. The first-order valence-corrected chi connectivity index (χ1v) is 11.2. The molecule has 0 aliphatic rings. The van der Waals surface area contributed by atoms with Gasteiger partial charge >= 0.3 is 0 Å². The van der Waals surface area contributed by atoms with Crippen LogP contribution in [0.3, 0.4) is 0 Å². The summed E-state index contributed by atoms with van der Waals surface area (Å²) in [6.07, 6.45) is 0.779. The molecule has 1 aromatic carbocycles. The van der Waals surface area contributed by atoms with Gasteiger partial charge in [0, 0.05) is 18.8 Å². The molecule has 0 spiro atoms. The molecule has 0 saturated heterocycles. The number of amides is 1. The minimum Gasteiger partial charge on any atom is -0.486 e. The molecule has 2 heterocycles. The Bertz CT molecular complexity index is 1030. The molecular weight excluding hydrogens is 458 g/mol. The molecule has 0 fully saturated rings. The number of hydrogen-bond donors (Lipinski definition) is 1. The zero-order valence-electron chi connectivity index (χ0n) is 18.8. The second-order valence-corrected chi connectivity index (χ2v) is 9.44. The SMILES string of the molecule is Cc1nn(CCCNC(=O)c2ccc(COc3ccc(C(C)(C)C)cc3)o2)c(C)c1Br. The fraction of sp³-hybridized carbons (Fsp3) is 0.417. The third-order valence-corrected chi connectivity index (χ3v) is 6.26. The lowest BCUT2D eigenvalue weighted by atomic mass is 9.87. The largest absolute Gasteiger partial charge is 0.486 e. The number of nitrogens with zero attached hydrogens (tertiary/aromatic N) is 2. The van der Waals surface area contributed by atoms with Crippen molar-refractivity contribution in [1.29, 1.82) is 0 Å². The highest BCUT2D eigenvalue weighted by molar-refractivity contribution is 9.10. The predicted molar refractivity (Wildman–Crippen MR) is 125 cm³/mol. The summed E-state index contributed by atoms with van der Waals surface area (Å²) in [5.74, 6) is 1.44. The van der Waals surface area contributed by atoms with Crippen LogP contribution in [0.1, 0.15) is 60.5 Å². The van der Waals surface area contributed by atoms with Crippen molar-refractivity contribution in [2.75, 3.05) is 6.54 Å². The molecule has 6 nitrogen and oxygen atoms in total. The molecule has 0 bridgehead atoms. The van der Waals surface area contributed by atoms with Gasteiger partial charge in [0.15, 0.2) is 5.76 Å². The lowest BCUT2D eigenvalue weighted by molar-refractivity contribution is 0.0920. The average Bonchev–Trinajstić information content (AvgIpc) is 3.30. The number of hydrogen-bond acceptors (Lipinski definition) is 4. The summed E-state index contributed by atoms with van der Waals surface area (Å²) in [5, 5.41) is 7.37. The number of benzene rings is 1. The summed E-state index contributed by atoms with van der Waals surface area (Å²) in [5.41, 5.74) is 3.42. The van der Waals surface area contributed by atoms with Crippen molar-refractivity contribution >= 4 is 21.8 Å². The molecule has 31 heavy (non-hydrogen) atoms. The van der Waals surface area contributed by atoms with Crippen LogP contribution in [0.4, 0.5) is 0 Å². The summed E-state index contributed by atoms with van der Waals surface area (Å²) in [6.45, 7) is 12.1. The van der Waals surface area contributed by atoms with Crippen LogP contribution >= 0.6 is 15.9 Å². The molecule has 1 N–H and O–H groups in total. The lowest BCUT2D eigenvalue weighted by Crippen LogP contribution is -2.25. The van der Waals surface area contributed by atoms with Crippen molar-refractivity contribution in [2.45, 2.75) is 59.6 Å². The number of aromatic nitrogens is 2. The molecule has 2 aromatic heterocycles. The topological polar surface area (TPSA) is 69.3 Å². The summed E-state index contributed by atoms with van der Waals surface area (Å²) >= 11 is 3.53. The number of furan rings is 1. The van der Waals surface area contributed by atoms with E-state index in [1.165, 1.54) is 5.56 Å². The van der Waals surface area contributed by atoms with E-state index < -0.39 is 0 Å². The quantitative estimate of drug-likeness (QED) is 0.422. The van der Waals surface area contributed by atoms with E-state index in [9.17, 15) is 4.79 Å². The van der Waals surface area contributed by atoms with Crippen LogP contribution in [0.2, 0.25) is 0 Å². The summed E-state index contributed by atoms with van der Waals surface area (Å²) in [7, 11) is 0. The van der Waals surface area contributed by atoms with Crippen molar-refractivity contribution in [2.24, 2.45) is 0 Å². The lowest BCUT2D eigenvalue weighted by Gasteiger charge is -2.19. The molecule has 0 aliphatic carbocycles. The Morgan fingerprint density at radius 2 is 1.87 bits per heavy atom. The molecule has 1 amide bonds. The van der Waals surface area contributed by atoms with Gasteiger partial charge in [-0.25, -0.2) is 0 Å². The summed E-state index contributed by atoms with van der Waals surface area (Å²) in [6, 6.07) is 11.5. The maximum atomic E-state index is 12.3. The number of nitrogens with one attached hydrogen (secondary N) is 1. The van der Waals surface area contributed by atoms with E-state index in [-0.39, 0.29) is 23.7 Å². The fourth-order valence-corrected chi connectivity index (χ4v) is 3.48. The summed E-state index contributed by atoms with van der Waals surface area (Å²) < 4.78 is 14.4. The van der Waals surface area contributed by atoms with E-state index in [0.29, 0.717) is 12.3 Å². The van der Waals surface area contributed by atoms with Gasteiger partial charge in [0.25, 0.3) is 5.91 Å². The maximum absolute atomic E-state index is 12.3. The highest BCUT2D eigenvalue weighted by Crippen LogP contribution is 2.25. The highest BCUT2D eigenvalue weighted by Gasteiger charge is 2.14. The first kappa shape index (κ1) is 23.1. The van der Waals surface area contributed by atoms with Crippen LogP contribution < -0.4 is 10.1 Å². The molecule has 3 aromatic rings. The Labute approximate surface area is 192 Å². The van der Waals surface area contributed by atoms with Gasteiger partial charge in [-0.05, 0) is 71.4 Å². The van der Waals surface area contributed by atoms with Gasteiger partial charge in [-0.1, -0.05) is 32.9 Å². The van der Waals surface area contributed by atoms with Gasteiger partial charge in [0.2, 0.25) is 0 Å². The minimum absolute atomic E-state index is 0.106. The van der Waals surface area contributed by atoms with Crippen LogP contribution in [-0.4, -0.2) is 22.2 Å². The molecule has 0 aliphatic heterocycles. The van der Waals surface area contributed by atoms with Crippen LogP contribution in [0.15, 0.2) is 45.3 Å². The van der Waals surface area contributed by atoms with Gasteiger partial charge in [0.1, 0.15) is 18.1 Å². The average molecular weight is 488 g/mol. The van der Waals surface area contributed by atoms with E-state index in [2.05, 4.69) is 59.2 Å². The zero-order chi connectivity index (χ0) is 22.6. The van der Waals surface area contributed by atoms with Crippen LogP contribution in [0.25, 0.3) is 0 Å². The van der Waals surface area contributed by atoms with Crippen molar-refractivity contribution in [3.8, 4) is 5.75 Å². The van der Waals surface area contributed by atoms with Crippen molar-refractivity contribution in [1.82, 2.24) is 15.1 Å². The van der Waals surface area contributed by atoms with E-state index in [0.717, 1.165) is 34.6 Å². The van der Waals surface area contributed by atoms with Gasteiger partial charge in [-0.3, -0.25) is 9.48 Å². The van der Waals surface area contributed by atoms with Crippen LogP contribution in [0, 0.1) is 13.8 Å². The van der Waals surface area contributed by atoms with E-state index in [4.69, 9.17) is 9.15 Å². The van der Waals surface area contributed by atoms with Crippen LogP contribution in [-0.2, 0) is 18.6 Å². The fourth-order valence-electron chi connectivity index (χ4n) is 3.19. The first-order valence-electron chi connectivity index (χ1n) is 10.4. The Morgan fingerprint density at radius 1 is 1.16 bits per heavy atom. The standard InChI is InChI=1S/C24H30BrN3O3/c1-16-22(25)17(2)28(27-16)14-6-13-26-23(29)21-12-11-20(31-21)15-30-19-9-7-18(8-10-19)24(3,4)5/h7-12H,6,13-15H2,1-5H3,(H,26,29). The molecule has 166 valence electrons. The first-order chi connectivity index (χ1) is 14.6. The molecule has 0 radical (unpaired) electrons. The molecule has 0 atom stereocenters. The number of ether oxygens (including phenoxy) is 1. The number of aryl methyl sites for hydroxylation is 2. The number of halogens is 1. The second-order valence-electron chi connectivity index (χ2n) is 8.65. The molecule has 0 unspecified atom stereocenters. The number of carbonyl (C=O) groups excluding carboxylic acids is 1. The van der Waals surface area contributed by atoms with Gasteiger partial charge in [0.05, 0.1) is 10.2 Å². The third kappa shape index (κ3) is 6.00. The molecule has 3 rings (SSSR count). The molecule has 0 saturated carbocycles. The number of rotatable bonds is 8. The Morgan fingerprint density at radius 3 is 2.48 bits per heavy atom. The minimum atomic E-state index is -0.227. The Balaban J connectivity index is 1.44. The highest BCUT2D eigenvalue weighted by atomic mass is 79.9. The predicted octanol–water partition coefficient (Wildman–Crippen LogP) is 5.55. The summed E-state index contributed by atoms with van der Waals surface area (Å²) in [4.78, 5) is 12.3. The zero-order valence-corrected chi connectivity index (χ0v) is 20.4. The van der Waals surface area contributed by atoms with E-state index in [1.54, 1.807) is 12.1 Å². The third-order valence-electron chi connectivity index (χ3n) is 5.11. The number of carbonyl (C=O) groups is 1. The van der Waals surface area contributed by atoms with Crippen molar-refractivity contribution < 1.29 is 13.9 Å². The maximum Gasteiger partial charge on any atom is 0.286 e. The van der Waals surface area contributed by atoms with E-state index in [1.807, 2.05) is 30.7 Å². The van der Waals surface area contributed by atoms with Gasteiger partial charge < -0.3 is 14.5 Å². The normalized spacial score (nSPS) is 11.5. The monoisotopic (exact) mass is 487 g/mol. The van der Waals surface area contributed by atoms with E-state index >= 15 is 0 Å². The Kier molecular flexibility index (Phi) is 7.26. The second kappa shape index (κ2) is 9.73.